The second-order valence-electron chi connectivity index (χ2n) is 21.1. The normalized spacial score (nSPS) is 11.0. The first-order valence-corrected chi connectivity index (χ1v) is 30.5. The Labute approximate surface area is 485 Å². The van der Waals surface area contributed by atoms with Crippen LogP contribution in [0.5, 0.6) is 0 Å². The van der Waals surface area contributed by atoms with Crippen molar-refractivity contribution in [3.8, 4) is 55.6 Å². The lowest BCUT2D eigenvalue weighted by Gasteiger charge is -2.21. The number of rotatable bonds is 5. The van der Waals surface area contributed by atoms with Crippen LogP contribution in [-0.2, 0) is 25.7 Å². The van der Waals surface area contributed by atoms with Crippen molar-refractivity contribution in [3.63, 3.8) is 0 Å². The molecular formula is C79H106. The van der Waals surface area contributed by atoms with E-state index in [1.807, 2.05) is 69.2 Å². The van der Waals surface area contributed by atoms with Crippen molar-refractivity contribution in [1.29, 1.82) is 0 Å². The third-order valence-electron chi connectivity index (χ3n) is 16.8. The molecule has 8 aromatic rings. The summed E-state index contributed by atoms with van der Waals surface area (Å²) in [5.41, 5.74) is 43.7. The first kappa shape index (κ1) is 67.0. The van der Waals surface area contributed by atoms with Crippen LogP contribution < -0.4 is 0 Å². The molecule has 0 heteroatoms. The van der Waals surface area contributed by atoms with E-state index in [9.17, 15) is 0 Å². The second-order valence-corrected chi connectivity index (χ2v) is 21.1. The quantitative estimate of drug-likeness (QED) is 0.161. The van der Waals surface area contributed by atoms with E-state index in [0.29, 0.717) is 0 Å². The number of hydrogen-bond donors (Lipinski definition) is 0. The fourth-order valence-electron chi connectivity index (χ4n) is 11.5. The van der Waals surface area contributed by atoms with Crippen molar-refractivity contribution in [3.05, 3.63) is 220 Å². The third kappa shape index (κ3) is 14.8. The van der Waals surface area contributed by atoms with E-state index in [1.54, 1.807) is 5.56 Å². The third-order valence-corrected chi connectivity index (χ3v) is 16.8. The highest BCUT2D eigenvalue weighted by molar-refractivity contribution is 5.86. The summed E-state index contributed by atoms with van der Waals surface area (Å²) in [6, 6.07) is 39.0. The van der Waals surface area contributed by atoms with Crippen molar-refractivity contribution in [2.45, 2.75) is 213 Å². The minimum atomic E-state index is 1.18. The van der Waals surface area contributed by atoms with Gasteiger partial charge in [-0.1, -0.05) is 183 Å². The molecule has 79 heavy (non-hydrogen) atoms. The molecule has 0 radical (unpaired) electrons. The molecular weight excluding hydrogens is 949 g/mol. The minimum absolute atomic E-state index is 1.18. The van der Waals surface area contributed by atoms with Gasteiger partial charge in [-0.05, 0) is 305 Å². The Morgan fingerprint density at radius 1 is 0.228 bits per heavy atom. The van der Waals surface area contributed by atoms with E-state index in [4.69, 9.17) is 0 Å². The first-order chi connectivity index (χ1) is 37.8. The van der Waals surface area contributed by atoms with Crippen LogP contribution >= 0.6 is 0 Å². The van der Waals surface area contributed by atoms with Gasteiger partial charge in [-0.25, -0.2) is 0 Å². The minimum Gasteiger partial charge on any atom is -0.0683 e. The van der Waals surface area contributed by atoms with Crippen LogP contribution in [0.3, 0.4) is 0 Å². The molecule has 0 aromatic heterocycles. The summed E-state index contributed by atoms with van der Waals surface area (Å²) in [5.74, 6) is 0. The topological polar surface area (TPSA) is 0 Å². The lowest BCUT2D eigenvalue weighted by molar-refractivity contribution is 1.02. The molecule has 0 saturated carbocycles. The molecule has 0 atom stereocenters. The molecule has 0 N–H and O–H groups in total. The molecule has 0 spiro atoms. The van der Waals surface area contributed by atoms with E-state index in [-0.39, 0.29) is 0 Å². The van der Waals surface area contributed by atoms with Gasteiger partial charge in [0.05, 0.1) is 0 Å². The summed E-state index contributed by atoms with van der Waals surface area (Å²) in [6.45, 7) is 58.2. The van der Waals surface area contributed by atoms with E-state index in [1.165, 1.54) is 193 Å². The standard InChI is InChI=1S/C35H38.C26H28.C8H10.5C2H6/c1-19-10-12-29(23(5)21(19)3)30-14-15-31(25(7)24(30)6)32-16-17-34(27(9)26(32)8)35-28-11-13-33(35)22(4)20(2)18-28;1-15-11-17(3)25(12-16(15)2)23-9-10-24(19(5)18(23)4)26-14-21-7-8-22(13-21)20(26)6;1-7-4-3-5-8(2)6-7;5*1-2/h10,12,14-18H,11,13H2,1-9H3;9-14H,7-8H2,1-6H3;3-6H,1-2H3;5*1-2H3. The van der Waals surface area contributed by atoms with Gasteiger partial charge in [-0.15, -0.1) is 0 Å². The van der Waals surface area contributed by atoms with Gasteiger partial charge in [0.1, 0.15) is 0 Å². The Bertz CT molecular complexity index is 3310. The van der Waals surface area contributed by atoms with E-state index < -0.39 is 0 Å². The molecule has 4 bridgehead atoms. The molecule has 2 aliphatic rings. The Morgan fingerprint density at radius 3 is 1.09 bits per heavy atom. The van der Waals surface area contributed by atoms with Crippen LogP contribution in [0.25, 0.3) is 55.6 Å². The zero-order valence-corrected chi connectivity index (χ0v) is 55.1. The summed E-state index contributed by atoms with van der Waals surface area (Å²) < 4.78 is 0. The SMILES string of the molecule is CC.CC.CC.CC.CC.Cc1cc(C)c(-c2ccc(-c3cc4cc(c3C)CC4)c(C)c2C)cc1C.Cc1ccc(-c2ccc(-c3ccc(-c4c5cc(C)c(C)c4CC5)c(C)c3C)c(C)c2C)c(C)c1C.Cc1cccc(C)c1. The lowest BCUT2D eigenvalue weighted by atomic mass is 9.84. The molecule has 10 rings (SSSR count). The smallest absolute Gasteiger partial charge is 0.0114 e. The van der Waals surface area contributed by atoms with Crippen LogP contribution in [0.15, 0.2) is 103 Å². The number of aryl methyl sites for hydroxylation is 10. The van der Waals surface area contributed by atoms with Crippen LogP contribution in [0.1, 0.15) is 186 Å². The van der Waals surface area contributed by atoms with E-state index in [2.05, 4.69) is 221 Å². The van der Waals surface area contributed by atoms with Gasteiger partial charge >= 0.3 is 0 Å². The average molecular weight is 1060 g/mol. The van der Waals surface area contributed by atoms with Crippen LogP contribution in [0.2, 0.25) is 0 Å². The number of fused-ring (bicyclic) bond motifs is 4. The predicted octanol–water partition coefficient (Wildman–Crippen LogP) is 24.0. The molecule has 0 amide bonds. The van der Waals surface area contributed by atoms with Crippen molar-refractivity contribution >= 4 is 0 Å². The first-order valence-electron chi connectivity index (χ1n) is 30.5. The molecule has 8 aromatic carbocycles. The highest BCUT2D eigenvalue weighted by atomic mass is 14.3. The molecule has 422 valence electrons. The Balaban J connectivity index is 0.000000326. The largest absolute Gasteiger partial charge is 0.0683 e. The van der Waals surface area contributed by atoms with Gasteiger partial charge < -0.3 is 0 Å². The van der Waals surface area contributed by atoms with Gasteiger partial charge in [0.15, 0.2) is 0 Å². The Kier molecular flexibility index (Phi) is 26.3. The lowest BCUT2D eigenvalue weighted by Crippen LogP contribution is -1.99. The highest BCUT2D eigenvalue weighted by Crippen LogP contribution is 2.44. The molecule has 0 heterocycles. The summed E-state index contributed by atoms with van der Waals surface area (Å²) in [7, 11) is 0. The fourth-order valence-corrected chi connectivity index (χ4v) is 11.5. The summed E-state index contributed by atoms with van der Waals surface area (Å²) in [6.07, 6.45) is 4.77. The van der Waals surface area contributed by atoms with Crippen molar-refractivity contribution in [2.24, 2.45) is 0 Å². The van der Waals surface area contributed by atoms with Crippen molar-refractivity contribution in [1.82, 2.24) is 0 Å². The number of hydrogen-bond acceptors (Lipinski definition) is 0. The molecule has 0 saturated heterocycles. The molecule has 0 fully saturated rings. The van der Waals surface area contributed by atoms with E-state index >= 15 is 0 Å². The van der Waals surface area contributed by atoms with Crippen molar-refractivity contribution in [2.75, 3.05) is 0 Å². The maximum Gasteiger partial charge on any atom is -0.0114 e. The summed E-state index contributed by atoms with van der Waals surface area (Å²) in [4.78, 5) is 0. The zero-order valence-electron chi connectivity index (χ0n) is 55.1. The zero-order chi connectivity index (χ0) is 59.7. The predicted molar refractivity (Wildman–Crippen MR) is 359 cm³/mol. The van der Waals surface area contributed by atoms with Gasteiger partial charge in [0, 0.05) is 0 Å². The maximum absolute atomic E-state index is 2.42. The maximum atomic E-state index is 2.42. The van der Waals surface area contributed by atoms with Gasteiger partial charge in [0.25, 0.3) is 0 Å². The summed E-state index contributed by atoms with van der Waals surface area (Å²) >= 11 is 0. The Morgan fingerprint density at radius 2 is 0.620 bits per heavy atom. The van der Waals surface area contributed by atoms with E-state index in [0.717, 1.165) is 0 Å². The molecule has 2 aliphatic carbocycles. The van der Waals surface area contributed by atoms with Crippen LogP contribution in [0, 0.1) is 118 Å². The molecule has 0 aliphatic heterocycles. The Hall–Kier alpha value is -6.24. The average Bonchev–Trinajstić information content (AvgIpc) is 4.15. The van der Waals surface area contributed by atoms with Gasteiger partial charge in [0.2, 0.25) is 0 Å². The van der Waals surface area contributed by atoms with Crippen LogP contribution in [-0.4, -0.2) is 0 Å². The molecule has 0 nitrogen and oxygen atoms in total. The second kappa shape index (κ2) is 30.9. The highest BCUT2D eigenvalue weighted by Gasteiger charge is 2.24. The van der Waals surface area contributed by atoms with Gasteiger partial charge in [-0.2, -0.15) is 0 Å². The number of benzene rings is 8. The van der Waals surface area contributed by atoms with Crippen LogP contribution in [0.4, 0.5) is 0 Å². The summed E-state index contributed by atoms with van der Waals surface area (Å²) in [5, 5.41) is 0. The molecule has 0 unspecified atom stereocenters. The monoisotopic (exact) mass is 1050 g/mol. The fraction of sp³-hybridized carbons (Fsp3) is 0.392. The van der Waals surface area contributed by atoms with Gasteiger partial charge in [-0.3, -0.25) is 0 Å². The van der Waals surface area contributed by atoms with Crippen molar-refractivity contribution < 1.29 is 0 Å².